The molecule has 0 aliphatic heterocycles. The molecule has 114 valence electrons. The number of sulfonamides is 1. The Bertz CT molecular complexity index is 535. The second-order valence-corrected chi connectivity index (χ2v) is 5.88. The maximum Gasteiger partial charge on any atom is 0.253 e. The number of halogens is 1. The highest BCUT2D eigenvalue weighted by atomic mass is 35.5. The molecule has 0 radical (unpaired) electrons. The number of carbonyl (C=O) groups excluding carboxylic acids is 1. The Morgan fingerprint density at radius 1 is 1.20 bits per heavy atom. The van der Waals surface area contributed by atoms with E-state index in [4.69, 9.17) is 0 Å². The van der Waals surface area contributed by atoms with Crippen LogP contribution in [0.3, 0.4) is 0 Å². The highest BCUT2D eigenvalue weighted by molar-refractivity contribution is 7.92. The molecule has 0 bridgehead atoms. The normalized spacial score (nSPS) is 10.5. The van der Waals surface area contributed by atoms with Gasteiger partial charge in [-0.2, -0.15) is 0 Å². The molecule has 0 aliphatic rings. The maximum atomic E-state index is 11.9. The van der Waals surface area contributed by atoms with Crippen LogP contribution in [0.4, 0.5) is 5.69 Å². The molecule has 0 aliphatic carbocycles. The predicted octanol–water partition coefficient (Wildman–Crippen LogP) is 0.819. The predicted molar refractivity (Wildman–Crippen MR) is 83.0 cm³/mol. The van der Waals surface area contributed by atoms with Gasteiger partial charge in [-0.15, -0.1) is 12.4 Å². The Kier molecular flexibility index (Phi) is 8.21. The number of nitrogens with one attached hydrogen (secondary N) is 3. The number of amides is 1. The second kappa shape index (κ2) is 8.78. The molecule has 0 saturated heterocycles. The summed E-state index contributed by atoms with van der Waals surface area (Å²) in [5.41, 5.74) is 0.605. The zero-order valence-electron chi connectivity index (χ0n) is 11.5. The number of hydrogen-bond donors (Lipinski definition) is 3. The third-order valence-corrected chi connectivity index (χ3v) is 2.95. The molecule has 3 N–H and O–H groups in total. The third kappa shape index (κ3) is 6.74. The van der Waals surface area contributed by atoms with Gasteiger partial charge in [0.15, 0.2) is 0 Å². The molecule has 20 heavy (non-hydrogen) atoms. The quantitative estimate of drug-likeness (QED) is 0.649. The molecule has 0 spiro atoms. The van der Waals surface area contributed by atoms with Crippen molar-refractivity contribution in [3.63, 3.8) is 0 Å². The van der Waals surface area contributed by atoms with Gasteiger partial charge in [0, 0.05) is 6.54 Å². The minimum Gasteiger partial charge on any atom is -0.352 e. The van der Waals surface area contributed by atoms with Crippen LogP contribution in [0.2, 0.25) is 0 Å². The first kappa shape index (κ1) is 18.7. The van der Waals surface area contributed by atoms with E-state index >= 15 is 0 Å². The smallest absolute Gasteiger partial charge is 0.253 e. The molecule has 0 atom stereocenters. The molecule has 0 saturated carbocycles. The molecule has 0 fully saturated rings. The molecular weight excluding hydrogens is 302 g/mol. The SMILES string of the molecule is CNCCCNC(=O)c1ccccc1NS(C)(=O)=O.Cl. The molecule has 8 heteroatoms. The van der Waals surface area contributed by atoms with Crippen molar-refractivity contribution < 1.29 is 13.2 Å². The number of para-hydroxylation sites is 1. The van der Waals surface area contributed by atoms with Crippen molar-refractivity contribution in [1.29, 1.82) is 0 Å². The molecular formula is C12H20ClN3O3S. The van der Waals surface area contributed by atoms with E-state index in [1.807, 2.05) is 7.05 Å². The zero-order chi connectivity index (χ0) is 14.3. The van der Waals surface area contributed by atoms with E-state index in [9.17, 15) is 13.2 Å². The first-order valence-corrected chi connectivity index (χ1v) is 7.83. The van der Waals surface area contributed by atoms with Crippen LogP contribution in [0.1, 0.15) is 16.8 Å². The maximum absolute atomic E-state index is 11.9. The lowest BCUT2D eigenvalue weighted by atomic mass is 10.1. The number of carbonyl (C=O) groups is 1. The average Bonchev–Trinajstić information content (AvgIpc) is 2.33. The van der Waals surface area contributed by atoms with E-state index in [1.165, 1.54) is 0 Å². The first-order valence-electron chi connectivity index (χ1n) is 5.93. The zero-order valence-corrected chi connectivity index (χ0v) is 13.1. The topological polar surface area (TPSA) is 87.3 Å². The summed E-state index contributed by atoms with van der Waals surface area (Å²) in [6, 6.07) is 6.51. The van der Waals surface area contributed by atoms with Crippen LogP contribution < -0.4 is 15.4 Å². The minimum atomic E-state index is -3.40. The van der Waals surface area contributed by atoms with Gasteiger partial charge >= 0.3 is 0 Å². The Morgan fingerprint density at radius 3 is 2.45 bits per heavy atom. The molecule has 1 aromatic carbocycles. The summed E-state index contributed by atoms with van der Waals surface area (Å²) in [4.78, 5) is 11.9. The Labute approximate surface area is 125 Å². The van der Waals surface area contributed by atoms with Crippen molar-refractivity contribution in [3.8, 4) is 0 Å². The molecule has 1 aromatic rings. The lowest BCUT2D eigenvalue weighted by molar-refractivity contribution is 0.0954. The number of benzene rings is 1. The van der Waals surface area contributed by atoms with E-state index in [-0.39, 0.29) is 24.0 Å². The average molecular weight is 322 g/mol. The summed E-state index contributed by atoms with van der Waals surface area (Å²) < 4.78 is 24.8. The molecule has 0 heterocycles. The van der Waals surface area contributed by atoms with Crippen LogP contribution in [-0.4, -0.2) is 40.7 Å². The minimum absolute atomic E-state index is 0. The van der Waals surface area contributed by atoms with Crippen molar-refractivity contribution in [2.45, 2.75) is 6.42 Å². The number of anilines is 1. The molecule has 6 nitrogen and oxygen atoms in total. The summed E-state index contributed by atoms with van der Waals surface area (Å²) in [7, 11) is -1.56. The number of hydrogen-bond acceptors (Lipinski definition) is 4. The van der Waals surface area contributed by atoms with Crippen molar-refractivity contribution in [1.82, 2.24) is 10.6 Å². The largest absolute Gasteiger partial charge is 0.352 e. The van der Waals surface area contributed by atoms with Crippen molar-refractivity contribution in [3.05, 3.63) is 29.8 Å². The van der Waals surface area contributed by atoms with Crippen molar-refractivity contribution in [2.75, 3.05) is 31.1 Å². The fourth-order valence-corrected chi connectivity index (χ4v) is 2.11. The number of rotatable bonds is 7. The van der Waals surface area contributed by atoms with E-state index < -0.39 is 10.0 Å². The molecule has 1 rings (SSSR count). The summed E-state index contributed by atoms with van der Waals surface area (Å²) in [6.45, 7) is 1.34. The highest BCUT2D eigenvalue weighted by Crippen LogP contribution is 2.15. The van der Waals surface area contributed by atoms with Gasteiger partial charge in [-0.1, -0.05) is 12.1 Å². The highest BCUT2D eigenvalue weighted by Gasteiger charge is 2.12. The summed E-state index contributed by atoms with van der Waals surface area (Å²) >= 11 is 0. The van der Waals surface area contributed by atoms with Gasteiger partial charge in [-0.3, -0.25) is 9.52 Å². The first-order chi connectivity index (χ1) is 8.94. The van der Waals surface area contributed by atoms with E-state index in [0.29, 0.717) is 12.1 Å². The lowest BCUT2D eigenvalue weighted by Crippen LogP contribution is -2.27. The Hall–Kier alpha value is -1.31. The van der Waals surface area contributed by atoms with Gasteiger partial charge in [0.05, 0.1) is 17.5 Å². The fourth-order valence-electron chi connectivity index (χ4n) is 1.53. The van der Waals surface area contributed by atoms with Gasteiger partial charge in [0.25, 0.3) is 5.91 Å². The van der Waals surface area contributed by atoms with Crippen LogP contribution in [0.25, 0.3) is 0 Å². The Morgan fingerprint density at radius 2 is 1.85 bits per heavy atom. The van der Waals surface area contributed by atoms with Gasteiger partial charge in [0.1, 0.15) is 0 Å². The van der Waals surface area contributed by atoms with Crippen molar-refractivity contribution >= 4 is 34.0 Å². The third-order valence-electron chi connectivity index (χ3n) is 2.36. The van der Waals surface area contributed by atoms with Gasteiger partial charge in [-0.25, -0.2) is 8.42 Å². The van der Waals surface area contributed by atoms with Crippen LogP contribution in [0, 0.1) is 0 Å². The van der Waals surface area contributed by atoms with Crippen LogP contribution in [0.5, 0.6) is 0 Å². The van der Waals surface area contributed by atoms with Crippen LogP contribution >= 0.6 is 12.4 Å². The second-order valence-electron chi connectivity index (χ2n) is 4.13. The lowest BCUT2D eigenvalue weighted by Gasteiger charge is -2.10. The van der Waals surface area contributed by atoms with E-state index in [1.54, 1.807) is 24.3 Å². The Balaban J connectivity index is 0.00000361. The summed E-state index contributed by atoms with van der Waals surface area (Å²) in [5.74, 6) is -0.289. The molecule has 0 unspecified atom stereocenters. The van der Waals surface area contributed by atoms with E-state index in [0.717, 1.165) is 19.2 Å². The summed E-state index contributed by atoms with van der Waals surface area (Å²) in [6.07, 6.45) is 1.86. The molecule has 1 amide bonds. The summed E-state index contributed by atoms with van der Waals surface area (Å²) in [5, 5.41) is 5.73. The van der Waals surface area contributed by atoms with Crippen molar-refractivity contribution in [2.24, 2.45) is 0 Å². The van der Waals surface area contributed by atoms with Crippen LogP contribution in [0.15, 0.2) is 24.3 Å². The monoisotopic (exact) mass is 321 g/mol. The van der Waals surface area contributed by atoms with Gasteiger partial charge in [0.2, 0.25) is 10.0 Å². The van der Waals surface area contributed by atoms with Gasteiger partial charge < -0.3 is 10.6 Å². The standard InChI is InChI=1S/C12H19N3O3S.ClH/c1-13-8-5-9-14-12(16)10-6-3-4-7-11(10)15-19(2,17)18;/h3-4,6-7,13,15H,5,8-9H2,1-2H3,(H,14,16);1H. The van der Waals surface area contributed by atoms with Gasteiger partial charge in [-0.05, 0) is 32.1 Å². The van der Waals surface area contributed by atoms with Crippen LogP contribution in [-0.2, 0) is 10.0 Å². The molecule has 0 aromatic heterocycles. The fraction of sp³-hybridized carbons (Fsp3) is 0.417. The van der Waals surface area contributed by atoms with E-state index in [2.05, 4.69) is 15.4 Å².